The minimum absolute atomic E-state index is 0.323. The standard InChI is InChI=1S/C17H23BrF2N2O2S/c1-12-2-6-21(7-3-12)13-4-8-22(9-5-13)25(23,24)14-10-15(19)17(18)16(20)11-14/h10-13H,2-9H2,1H3. The molecular formula is C17H23BrF2N2O2S. The summed E-state index contributed by atoms with van der Waals surface area (Å²) >= 11 is 2.77. The third-order valence-electron chi connectivity index (χ3n) is 5.35. The van der Waals surface area contributed by atoms with Crippen molar-refractivity contribution in [3.63, 3.8) is 0 Å². The van der Waals surface area contributed by atoms with E-state index in [9.17, 15) is 17.2 Å². The number of hydrogen-bond donors (Lipinski definition) is 0. The second-order valence-electron chi connectivity index (χ2n) is 7.05. The number of halogens is 3. The number of likely N-dealkylation sites (tertiary alicyclic amines) is 1. The van der Waals surface area contributed by atoms with E-state index in [-0.39, 0.29) is 9.37 Å². The van der Waals surface area contributed by atoms with Gasteiger partial charge in [-0.15, -0.1) is 0 Å². The van der Waals surface area contributed by atoms with Gasteiger partial charge in [0.05, 0.1) is 9.37 Å². The van der Waals surface area contributed by atoms with Gasteiger partial charge in [-0.3, -0.25) is 0 Å². The molecule has 0 N–H and O–H groups in total. The van der Waals surface area contributed by atoms with Crippen molar-refractivity contribution in [2.75, 3.05) is 26.2 Å². The quantitative estimate of drug-likeness (QED) is 0.679. The number of sulfonamides is 1. The molecule has 0 radical (unpaired) electrons. The van der Waals surface area contributed by atoms with E-state index in [1.165, 1.54) is 17.1 Å². The van der Waals surface area contributed by atoms with E-state index in [0.717, 1.165) is 44.0 Å². The second kappa shape index (κ2) is 7.58. The van der Waals surface area contributed by atoms with E-state index in [0.29, 0.717) is 19.1 Å². The molecule has 0 atom stereocenters. The molecule has 8 heteroatoms. The van der Waals surface area contributed by atoms with Gasteiger partial charge >= 0.3 is 0 Å². The molecule has 140 valence electrons. The van der Waals surface area contributed by atoms with Crippen LogP contribution in [0, 0.1) is 17.6 Å². The molecule has 1 aromatic carbocycles. The molecule has 2 fully saturated rings. The van der Waals surface area contributed by atoms with Gasteiger partial charge in [0.15, 0.2) is 0 Å². The first-order valence-corrected chi connectivity index (χ1v) is 10.9. The summed E-state index contributed by atoms with van der Waals surface area (Å²) in [5.41, 5.74) is 0. The molecule has 3 rings (SSSR count). The van der Waals surface area contributed by atoms with Crippen LogP contribution in [0.15, 0.2) is 21.5 Å². The average Bonchev–Trinajstić information content (AvgIpc) is 2.60. The third kappa shape index (κ3) is 4.07. The first-order valence-electron chi connectivity index (χ1n) is 8.68. The van der Waals surface area contributed by atoms with Crippen molar-refractivity contribution >= 4 is 26.0 Å². The molecule has 1 aromatic rings. The minimum Gasteiger partial charge on any atom is -0.300 e. The molecule has 2 heterocycles. The summed E-state index contributed by atoms with van der Waals surface area (Å²) in [5.74, 6) is -1.05. The Morgan fingerprint density at radius 2 is 1.52 bits per heavy atom. The molecule has 0 unspecified atom stereocenters. The van der Waals surface area contributed by atoms with Gasteiger partial charge in [0.1, 0.15) is 11.6 Å². The Bertz CT molecular complexity index is 705. The number of nitrogens with zero attached hydrogens (tertiary/aromatic N) is 2. The maximum absolute atomic E-state index is 13.7. The molecule has 0 amide bonds. The Balaban J connectivity index is 1.67. The van der Waals surface area contributed by atoms with Crippen molar-refractivity contribution in [3.8, 4) is 0 Å². The Labute approximate surface area is 156 Å². The molecule has 0 spiro atoms. The molecule has 25 heavy (non-hydrogen) atoms. The zero-order valence-corrected chi connectivity index (χ0v) is 16.6. The number of hydrogen-bond acceptors (Lipinski definition) is 3. The maximum Gasteiger partial charge on any atom is 0.243 e. The van der Waals surface area contributed by atoms with Crippen LogP contribution in [0.4, 0.5) is 8.78 Å². The molecule has 0 bridgehead atoms. The van der Waals surface area contributed by atoms with Crippen molar-refractivity contribution in [2.24, 2.45) is 5.92 Å². The highest BCUT2D eigenvalue weighted by molar-refractivity contribution is 9.10. The normalized spacial score (nSPS) is 22.4. The largest absolute Gasteiger partial charge is 0.300 e. The summed E-state index contributed by atoms with van der Waals surface area (Å²) in [6, 6.07) is 2.15. The fourth-order valence-corrected chi connectivity index (χ4v) is 5.40. The highest BCUT2D eigenvalue weighted by Gasteiger charge is 2.33. The van der Waals surface area contributed by atoms with Gasteiger partial charge in [0, 0.05) is 19.1 Å². The lowest BCUT2D eigenvalue weighted by atomic mass is 9.95. The van der Waals surface area contributed by atoms with Crippen LogP contribution in [0.25, 0.3) is 0 Å². The van der Waals surface area contributed by atoms with E-state index in [4.69, 9.17) is 0 Å². The van der Waals surface area contributed by atoms with Gasteiger partial charge in [0.25, 0.3) is 0 Å². The predicted molar refractivity (Wildman–Crippen MR) is 95.8 cm³/mol. The topological polar surface area (TPSA) is 40.6 Å². The highest BCUT2D eigenvalue weighted by atomic mass is 79.9. The van der Waals surface area contributed by atoms with Crippen LogP contribution in [0.1, 0.15) is 32.6 Å². The van der Waals surface area contributed by atoms with Crippen molar-refractivity contribution in [3.05, 3.63) is 28.2 Å². The van der Waals surface area contributed by atoms with E-state index in [1.54, 1.807) is 0 Å². The number of benzene rings is 1. The summed E-state index contributed by atoms with van der Waals surface area (Å²) in [6.07, 6.45) is 3.90. The van der Waals surface area contributed by atoms with Crippen LogP contribution in [-0.4, -0.2) is 49.8 Å². The average molecular weight is 437 g/mol. The Hall–Kier alpha value is -0.570. The van der Waals surface area contributed by atoms with Crippen molar-refractivity contribution in [2.45, 2.75) is 43.5 Å². The van der Waals surface area contributed by atoms with Crippen molar-refractivity contribution in [1.82, 2.24) is 9.21 Å². The van der Waals surface area contributed by atoms with Crippen LogP contribution < -0.4 is 0 Å². The molecule has 4 nitrogen and oxygen atoms in total. The van der Waals surface area contributed by atoms with E-state index >= 15 is 0 Å². The predicted octanol–water partition coefficient (Wildman–Crippen LogP) is 3.61. The SMILES string of the molecule is CC1CCN(C2CCN(S(=O)(=O)c3cc(F)c(Br)c(F)c3)CC2)CC1. The Morgan fingerprint density at radius 1 is 1.00 bits per heavy atom. The second-order valence-corrected chi connectivity index (χ2v) is 9.79. The van der Waals surface area contributed by atoms with Gasteiger partial charge in [-0.05, 0) is 72.8 Å². The van der Waals surface area contributed by atoms with Crippen LogP contribution in [0.5, 0.6) is 0 Å². The molecule has 0 saturated carbocycles. The molecule has 2 aliphatic rings. The van der Waals surface area contributed by atoms with E-state index < -0.39 is 21.7 Å². The zero-order valence-electron chi connectivity index (χ0n) is 14.2. The summed E-state index contributed by atoms with van der Waals surface area (Å²) in [7, 11) is -3.87. The van der Waals surface area contributed by atoms with E-state index in [1.807, 2.05) is 0 Å². The van der Waals surface area contributed by atoms with Crippen molar-refractivity contribution < 1.29 is 17.2 Å². The van der Waals surface area contributed by atoms with Gasteiger partial charge in [0.2, 0.25) is 10.0 Å². The molecule has 2 aliphatic heterocycles. The van der Waals surface area contributed by atoms with Gasteiger partial charge < -0.3 is 4.90 Å². The lowest BCUT2D eigenvalue weighted by Gasteiger charge is -2.41. The first-order chi connectivity index (χ1) is 11.8. The molecule has 0 aromatic heterocycles. The van der Waals surface area contributed by atoms with Crippen molar-refractivity contribution in [1.29, 1.82) is 0 Å². The monoisotopic (exact) mass is 436 g/mol. The lowest BCUT2D eigenvalue weighted by Crippen LogP contribution is -2.48. The van der Waals surface area contributed by atoms with Crippen LogP contribution in [-0.2, 0) is 10.0 Å². The summed E-state index contributed by atoms with van der Waals surface area (Å²) in [4.78, 5) is 2.14. The molecule has 0 aliphatic carbocycles. The van der Waals surface area contributed by atoms with Gasteiger partial charge in [-0.25, -0.2) is 17.2 Å². The Morgan fingerprint density at radius 3 is 2.04 bits per heavy atom. The summed E-state index contributed by atoms with van der Waals surface area (Å²) in [6.45, 7) is 5.18. The lowest BCUT2D eigenvalue weighted by molar-refractivity contribution is 0.101. The summed E-state index contributed by atoms with van der Waals surface area (Å²) in [5, 5.41) is 0. The molecule has 2 saturated heterocycles. The van der Waals surface area contributed by atoms with Gasteiger partial charge in [-0.2, -0.15) is 4.31 Å². The fourth-order valence-electron chi connectivity index (χ4n) is 3.67. The first kappa shape index (κ1) is 19.2. The van der Waals surface area contributed by atoms with Crippen LogP contribution in [0.2, 0.25) is 0 Å². The molecular weight excluding hydrogens is 414 g/mol. The maximum atomic E-state index is 13.7. The third-order valence-corrected chi connectivity index (χ3v) is 7.99. The summed E-state index contributed by atoms with van der Waals surface area (Å²) < 4.78 is 53.8. The van der Waals surface area contributed by atoms with E-state index in [2.05, 4.69) is 27.8 Å². The van der Waals surface area contributed by atoms with Gasteiger partial charge in [-0.1, -0.05) is 6.92 Å². The fraction of sp³-hybridized carbons (Fsp3) is 0.647. The number of rotatable bonds is 3. The smallest absolute Gasteiger partial charge is 0.243 e. The van der Waals surface area contributed by atoms with Crippen LogP contribution in [0.3, 0.4) is 0 Å². The zero-order chi connectivity index (χ0) is 18.2. The number of piperidine rings is 2. The minimum atomic E-state index is -3.87. The Kier molecular flexibility index (Phi) is 5.82. The van der Waals surface area contributed by atoms with Crippen LogP contribution >= 0.6 is 15.9 Å². The highest BCUT2D eigenvalue weighted by Crippen LogP contribution is 2.29.